The zero-order valence-corrected chi connectivity index (χ0v) is 10.6. The third-order valence-corrected chi connectivity index (χ3v) is 1.85. The number of nitrogens with zero attached hydrogens (tertiary/aromatic N) is 4. The van der Waals surface area contributed by atoms with Crippen molar-refractivity contribution < 1.29 is 4.74 Å². The molecule has 17 heavy (non-hydrogen) atoms. The van der Waals surface area contributed by atoms with E-state index in [1.807, 2.05) is 21.0 Å². The Balaban J connectivity index is 2.99. The van der Waals surface area contributed by atoms with Crippen molar-refractivity contribution in [1.29, 1.82) is 0 Å². The largest absolute Gasteiger partial charge is 0.447 e. The van der Waals surface area contributed by atoms with Gasteiger partial charge in [-0.25, -0.2) is 0 Å². The smallest absolute Gasteiger partial charge is 0.324 e. The second-order valence-corrected chi connectivity index (χ2v) is 3.59. The maximum atomic E-state index is 5.38. The molecule has 0 radical (unpaired) electrons. The van der Waals surface area contributed by atoms with E-state index in [0.717, 1.165) is 6.54 Å². The van der Waals surface area contributed by atoms with E-state index in [4.69, 9.17) is 11.2 Å². The van der Waals surface area contributed by atoms with Gasteiger partial charge in [0.25, 0.3) is 0 Å². The molecule has 6 heteroatoms. The van der Waals surface area contributed by atoms with Gasteiger partial charge in [-0.05, 0) is 13.8 Å². The Kier molecular flexibility index (Phi) is 4.52. The third kappa shape index (κ3) is 3.79. The number of hydrogen-bond donors (Lipinski definition) is 1. The standard InChI is InChI=1S/C11H17N5O/c1-6-8(3)17-11-14-9(12-7-2)13-10(15-11)16(4)5/h1,8H,7H2,2-5H3,(H,12,13,14,15). The summed E-state index contributed by atoms with van der Waals surface area (Å²) in [7, 11) is 3.69. The molecular formula is C11H17N5O. The van der Waals surface area contributed by atoms with E-state index >= 15 is 0 Å². The lowest BCUT2D eigenvalue weighted by molar-refractivity contribution is 0.256. The third-order valence-electron chi connectivity index (χ3n) is 1.85. The van der Waals surface area contributed by atoms with Gasteiger partial charge in [0.05, 0.1) is 0 Å². The molecule has 0 aliphatic rings. The van der Waals surface area contributed by atoms with Gasteiger partial charge in [0.15, 0.2) is 6.10 Å². The number of rotatable bonds is 5. The highest BCUT2D eigenvalue weighted by Crippen LogP contribution is 2.13. The van der Waals surface area contributed by atoms with Crippen LogP contribution in [0.3, 0.4) is 0 Å². The summed E-state index contributed by atoms with van der Waals surface area (Å²) >= 11 is 0. The summed E-state index contributed by atoms with van der Waals surface area (Å²) < 4.78 is 5.38. The minimum atomic E-state index is -0.373. The summed E-state index contributed by atoms with van der Waals surface area (Å²) in [5.41, 5.74) is 0. The van der Waals surface area contributed by atoms with E-state index in [2.05, 4.69) is 26.2 Å². The van der Waals surface area contributed by atoms with Crippen LogP contribution < -0.4 is 15.0 Å². The summed E-state index contributed by atoms with van der Waals surface area (Å²) in [6.45, 7) is 4.44. The van der Waals surface area contributed by atoms with E-state index in [1.54, 1.807) is 11.8 Å². The zero-order valence-electron chi connectivity index (χ0n) is 10.6. The van der Waals surface area contributed by atoms with Crippen molar-refractivity contribution in [1.82, 2.24) is 15.0 Å². The molecule has 1 rings (SSSR count). The highest BCUT2D eigenvalue weighted by molar-refractivity contribution is 5.36. The molecule has 1 unspecified atom stereocenters. The first-order chi connectivity index (χ1) is 8.06. The summed E-state index contributed by atoms with van der Waals surface area (Å²) in [5, 5.41) is 3.01. The molecule has 0 spiro atoms. The number of anilines is 2. The zero-order chi connectivity index (χ0) is 12.8. The first-order valence-corrected chi connectivity index (χ1v) is 5.36. The van der Waals surface area contributed by atoms with Crippen LogP contribution in [0.1, 0.15) is 13.8 Å². The lowest BCUT2D eigenvalue weighted by atomic mass is 10.4. The fourth-order valence-corrected chi connectivity index (χ4v) is 1.03. The van der Waals surface area contributed by atoms with Gasteiger partial charge in [0, 0.05) is 20.6 Å². The van der Waals surface area contributed by atoms with Gasteiger partial charge in [-0.2, -0.15) is 15.0 Å². The quantitative estimate of drug-likeness (QED) is 0.761. The summed E-state index contributed by atoms with van der Waals surface area (Å²) in [6, 6.07) is 0.227. The van der Waals surface area contributed by atoms with Gasteiger partial charge >= 0.3 is 6.01 Å². The highest BCUT2D eigenvalue weighted by atomic mass is 16.5. The van der Waals surface area contributed by atoms with Crippen molar-refractivity contribution >= 4 is 11.9 Å². The van der Waals surface area contributed by atoms with Gasteiger partial charge in [0.1, 0.15) is 0 Å². The van der Waals surface area contributed by atoms with Crippen molar-refractivity contribution in [3.05, 3.63) is 0 Å². The van der Waals surface area contributed by atoms with Gasteiger partial charge in [-0.3, -0.25) is 0 Å². The second-order valence-electron chi connectivity index (χ2n) is 3.59. The molecule has 1 aromatic heterocycles. The maximum absolute atomic E-state index is 5.38. The van der Waals surface area contributed by atoms with Crippen LogP contribution in [0.25, 0.3) is 0 Å². The first kappa shape index (κ1) is 13.0. The normalized spacial score (nSPS) is 11.5. The molecule has 0 amide bonds. The van der Waals surface area contributed by atoms with Crippen LogP contribution in [-0.2, 0) is 0 Å². The van der Waals surface area contributed by atoms with Crippen LogP contribution in [0, 0.1) is 12.3 Å². The number of hydrogen-bond acceptors (Lipinski definition) is 6. The van der Waals surface area contributed by atoms with Gasteiger partial charge in [0.2, 0.25) is 11.9 Å². The second kappa shape index (κ2) is 5.89. The fourth-order valence-electron chi connectivity index (χ4n) is 1.03. The molecular weight excluding hydrogens is 218 g/mol. The number of nitrogens with one attached hydrogen (secondary N) is 1. The molecule has 0 saturated heterocycles. The van der Waals surface area contributed by atoms with Crippen LogP contribution in [0.2, 0.25) is 0 Å². The van der Waals surface area contributed by atoms with Crippen LogP contribution in [-0.4, -0.2) is 41.7 Å². The van der Waals surface area contributed by atoms with Gasteiger partial charge < -0.3 is 15.0 Å². The molecule has 1 N–H and O–H groups in total. The first-order valence-electron chi connectivity index (χ1n) is 5.36. The molecule has 1 atom stereocenters. The molecule has 6 nitrogen and oxygen atoms in total. The highest BCUT2D eigenvalue weighted by Gasteiger charge is 2.10. The predicted molar refractivity (Wildman–Crippen MR) is 67.2 cm³/mol. The van der Waals surface area contributed by atoms with E-state index in [-0.39, 0.29) is 12.1 Å². The lowest BCUT2D eigenvalue weighted by Gasteiger charge is -2.14. The average Bonchev–Trinajstić information content (AvgIpc) is 2.29. The van der Waals surface area contributed by atoms with Gasteiger partial charge in [-0.15, -0.1) is 6.42 Å². The van der Waals surface area contributed by atoms with Crippen molar-refractivity contribution in [2.45, 2.75) is 20.0 Å². The Morgan fingerprint density at radius 1 is 1.41 bits per heavy atom. The Bertz CT molecular complexity index is 413. The van der Waals surface area contributed by atoms with Crippen LogP contribution in [0.15, 0.2) is 0 Å². The molecule has 0 saturated carbocycles. The molecule has 0 aliphatic carbocycles. The predicted octanol–water partition coefficient (Wildman–Crippen LogP) is 0.770. The minimum absolute atomic E-state index is 0.227. The number of terminal acetylenes is 1. The van der Waals surface area contributed by atoms with E-state index < -0.39 is 0 Å². The van der Waals surface area contributed by atoms with E-state index in [1.165, 1.54) is 0 Å². The van der Waals surface area contributed by atoms with Crippen LogP contribution >= 0.6 is 0 Å². The summed E-state index contributed by atoms with van der Waals surface area (Å²) in [4.78, 5) is 14.3. The van der Waals surface area contributed by atoms with Crippen molar-refractivity contribution in [3.8, 4) is 18.4 Å². The van der Waals surface area contributed by atoms with Crippen LogP contribution in [0.4, 0.5) is 11.9 Å². The number of ether oxygens (including phenoxy) is 1. The fraction of sp³-hybridized carbons (Fsp3) is 0.545. The molecule has 1 aromatic rings. The topological polar surface area (TPSA) is 63.2 Å². The van der Waals surface area contributed by atoms with Crippen molar-refractivity contribution in [2.75, 3.05) is 30.9 Å². The average molecular weight is 235 g/mol. The Labute approximate surface area is 101 Å². The van der Waals surface area contributed by atoms with Crippen molar-refractivity contribution in [3.63, 3.8) is 0 Å². The Morgan fingerprint density at radius 2 is 2.12 bits per heavy atom. The molecule has 0 aromatic carbocycles. The molecule has 0 fully saturated rings. The van der Waals surface area contributed by atoms with Crippen molar-refractivity contribution in [2.24, 2.45) is 0 Å². The molecule has 1 heterocycles. The summed E-state index contributed by atoms with van der Waals surface area (Å²) in [5.74, 6) is 3.46. The molecule has 92 valence electrons. The minimum Gasteiger partial charge on any atom is -0.447 e. The van der Waals surface area contributed by atoms with E-state index in [9.17, 15) is 0 Å². The monoisotopic (exact) mass is 235 g/mol. The Morgan fingerprint density at radius 3 is 2.65 bits per heavy atom. The maximum Gasteiger partial charge on any atom is 0.324 e. The van der Waals surface area contributed by atoms with Gasteiger partial charge in [-0.1, -0.05) is 5.92 Å². The Hall–Kier alpha value is -2.03. The molecule has 0 aliphatic heterocycles. The lowest BCUT2D eigenvalue weighted by Crippen LogP contribution is -2.18. The molecule has 0 bridgehead atoms. The van der Waals surface area contributed by atoms with Crippen LogP contribution in [0.5, 0.6) is 6.01 Å². The van der Waals surface area contributed by atoms with E-state index in [0.29, 0.717) is 11.9 Å². The summed E-state index contributed by atoms with van der Waals surface area (Å²) in [6.07, 6.45) is 4.87. The SMILES string of the molecule is C#CC(C)Oc1nc(NCC)nc(N(C)C)n1. The number of aromatic nitrogens is 3.